The molecule has 2 fully saturated rings. The first-order valence-corrected chi connectivity index (χ1v) is 10.3. The fourth-order valence-electron chi connectivity index (χ4n) is 4.09. The van der Waals surface area contributed by atoms with Crippen molar-refractivity contribution in [2.75, 3.05) is 25.1 Å². The second-order valence-electron chi connectivity index (χ2n) is 8.04. The van der Waals surface area contributed by atoms with Crippen molar-refractivity contribution in [3.8, 4) is 0 Å². The molecule has 156 valence electrons. The van der Waals surface area contributed by atoms with Gasteiger partial charge in [-0.1, -0.05) is 48.5 Å². The summed E-state index contributed by atoms with van der Waals surface area (Å²) in [6, 6.07) is 18.3. The standard InChI is InChI=1S/C23H26N4O3/c1-23(18-8-4-2-5-9-18)21(29)27(22(30)25-23)16-26-14-12-17(13-15-26)20(28)24-19-10-6-3-7-11-19/h2-11,17H,12-16H2,1H3,(H,24,28)(H,25,30)/t23-/m1/s1. The molecule has 7 nitrogen and oxygen atoms in total. The van der Waals surface area contributed by atoms with E-state index >= 15 is 0 Å². The van der Waals surface area contributed by atoms with Gasteiger partial charge in [0, 0.05) is 24.7 Å². The highest BCUT2D eigenvalue weighted by Crippen LogP contribution is 2.29. The lowest BCUT2D eigenvalue weighted by atomic mass is 9.92. The predicted molar refractivity (Wildman–Crippen MR) is 113 cm³/mol. The first-order chi connectivity index (χ1) is 14.5. The quantitative estimate of drug-likeness (QED) is 0.748. The zero-order chi connectivity index (χ0) is 21.1. The van der Waals surface area contributed by atoms with Crippen molar-refractivity contribution in [3.05, 3.63) is 66.2 Å². The van der Waals surface area contributed by atoms with Crippen molar-refractivity contribution in [1.82, 2.24) is 15.1 Å². The minimum atomic E-state index is -1.05. The van der Waals surface area contributed by atoms with E-state index < -0.39 is 5.54 Å². The molecule has 30 heavy (non-hydrogen) atoms. The summed E-state index contributed by atoms with van der Waals surface area (Å²) in [7, 11) is 0. The molecule has 0 bridgehead atoms. The minimum Gasteiger partial charge on any atom is -0.326 e. The number of likely N-dealkylation sites (tertiary alicyclic amines) is 1. The Morgan fingerprint density at radius 2 is 1.63 bits per heavy atom. The third kappa shape index (κ3) is 3.93. The van der Waals surface area contributed by atoms with Gasteiger partial charge in [0.1, 0.15) is 5.54 Å². The summed E-state index contributed by atoms with van der Waals surface area (Å²) < 4.78 is 0. The van der Waals surface area contributed by atoms with Crippen LogP contribution in [0, 0.1) is 5.92 Å². The third-order valence-corrected chi connectivity index (χ3v) is 5.97. The van der Waals surface area contributed by atoms with Crippen molar-refractivity contribution in [1.29, 1.82) is 0 Å². The van der Waals surface area contributed by atoms with Crippen LogP contribution in [0.5, 0.6) is 0 Å². The Morgan fingerprint density at radius 1 is 1.03 bits per heavy atom. The Labute approximate surface area is 176 Å². The molecule has 4 rings (SSSR count). The van der Waals surface area contributed by atoms with E-state index in [1.54, 1.807) is 6.92 Å². The number of imide groups is 1. The van der Waals surface area contributed by atoms with E-state index in [4.69, 9.17) is 0 Å². The number of benzene rings is 2. The van der Waals surface area contributed by atoms with Crippen LogP contribution in [-0.4, -0.2) is 47.4 Å². The predicted octanol–water partition coefficient (Wildman–Crippen LogP) is 2.76. The van der Waals surface area contributed by atoms with Gasteiger partial charge in [0.25, 0.3) is 5.91 Å². The van der Waals surface area contributed by atoms with Crippen LogP contribution in [0.4, 0.5) is 10.5 Å². The zero-order valence-corrected chi connectivity index (χ0v) is 17.0. The molecule has 2 aliphatic rings. The summed E-state index contributed by atoms with van der Waals surface area (Å²) in [5, 5.41) is 5.79. The lowest BCUT2D eigenvalue weighted by molar-refractivity contribution is -0.133. The van der Waals surface area contributed by atoms with E-state index in [9.17, 15) is 14.4 Å². The second kappa shape index (κ2) is 8.28. The average Bonchev–Trinajstić information content (AvgIpc) is 2.99. The number of carbonyl (C=O) groups excluding carboxylic acids is 3. The molecule has 0 radical (unpaired) electrons. The topological polar surface area (TPSA) is 81.8 Å². The summed E-state index contributed by atoms with van der Waals surface area (Å²) in [6.07, 6.45) is 1.39. The maximum absolute atomic E-state index is 13.0. The van der Waals surface area contributed by atoms with Crippen LogP contribution >= 0.6 is 0 Å². The fraction of sp³-hybridized carbons (Fsp3) is 0.348. The first-order valence-electron chi connectivity index (χ1n) is 10.3. The van der Waals surface area contributed by atoms with Crippen molar-refractivity contribution in [3.63, 3.8) is 0 Å². The van der Waals surface area contributed by atoms with Crippen molar-refractivity contribution in [2.45, 2.75) is 25.3 Å². The molecule has 2 heterocycles. The van der Waals surface area contributed by atoms with Gasteiger partial charge < -0.3 is 10.6 Å². The maximum Gasteiger partial charge on any atom is 0.326 e. The SMILES string of the molecule is C[C@]1(c2ccccc2)NC(=O)N(CN2CCC(C(=O)Nc3ccccc3)CC2)C1=O. The van der Waals surface area contributed by atoms with Crippen molar-refractivity contribution >= 4 is 23.5 Å². The van der Waals surface area contributed by atoms with Gasteiger partial charge in [-0.05, 0) is 37.5 Å². The van der Waals surface area contributed by atoms with Crippen molar-refractivity contribution < 1.29 is 14.4 Å². The molecule has 2 aromatic rings. The lowest BCUT2D eigenvalue weighted by Crippen LogP contribution is -2.47. The lowest BCUT2D eigenvalue weighted by Gasteiger charge is -2.33. The molecule has 0 aromatic heterocycles. The molecular weight excluding hydrogens is 380 g/mol. The normalized spacial score (nSPS) is 22.8. The number of nitrogens with zero attached hydrogens (tertiary/aromatic N) is 2. The van der Waals surface area contributed by atoms with Gasteiger partial charge in [-0.15, -0.1) is 0 Å². The largest absolute Gasteiger partial charge is 0.326 e. The average molecular weight is 406 g/mol. The number of amides is 4. The number of urea groups is 1. The van der Waals surface area contributed by atoms with Gasteiger partial charge in [-0.25, -0.2) is 9.69 Å². The monoisotopic (exact) mass is 406 g/mol. The minimum absolute atomic E-state index is 0.0208. The zero-order valence-electron chi connectivity index (χ0n) is 17.0. The summed E-state index contributed by atoms with van der Waals surface area (Å²) in [6.45, 7) is 3.29. The van der Waals surface area contributed by atoms with Crippen LogP contribution in [-0.2, 0) is 15.1 Å². The van der Waals surface area contributed by atoms with Crippen LogP contribution < -0.4 is 10.6 Å². The Morgan fingerprint density at radius 3 is 2.27 bits per heavy atom. The van der Waals surface area contributed by atoms with Crippen LogP contribution in [0.1, 0.15) is 25.3 Å². The molecule has 0 spiro atoms. The van der Waals surface area contributed by atoms with Crippen LogP contribution in [0.15, 0.2) is 60.7 Å². The molecule has 4 amide bonds. The van der Waals surface area contributed by atoms with Crippen LogP contribution in [0.25, 0.3) is 0 Å². The molecule has 2 aromatic carbocycles. The number of carbonyl (C=O) groups is 3. The first kappa shape index (κ1) is 20.1. The molecular formula is C23H26N4O3. The molecule has 2 aliphatic heterocycles. The number of nitrogens with one attached hydrogen (secondary N) is 2. The number of para-hydroxylation sites is 1. The maximum atomic E-state index is 13.0. The summed E-state index contributed by atoms with van der Waals surface area (Å²) >= 11 is 0. The summed E-state index contributed by atoms with van der Waals surface area (Å²) in [5.74, 6) is -0.297. The van der Waals surface area contributed by atoms with Gasteiger partial charge in [0.2, 0.25) is 5.91 Å². The van der Waals surface area contributed by atoms with E-state index in [0.717, 1.165) is 11.3 Å². The number of anilines is 1. The van der Waals surface area contributed by atoms with Crippen LogP contribution in [0.2, 0.25) is 0 Å². The van der Waals surface area contributed by atoms with Gasteiger partial charge >= 0.3 is 6.03 Å². The van der Waals surface area contributed by atoms with Gasteiger partial charge in [0.15, 0.2) is 0 Å². The Bertz CT molecular complexity index is 926. The Hall–Kier alpha value is -3.19. The fourth-order valence-corrected chi connectivity index (χ4v) is 4.09. The third-order valence-electron chi connectivity index (χ3n) is 5.97. The molecule has 0 saturated carbocycles. The highest BCUT2D eigenvalue weighted by Gasteiger charge is 2.49. The molecule has 0 aliphatic carbocycles. The number of hydrogen-bond acceptors (Lipinski definition) is 4. The molecule has 0 unspecified atom stereocenters. The number of piperidine rings is 1. The molecule has 1 atom stereocenters. The molecule has 2 N–H and O–H groups in total. The Balaban J connectivity index is 1.33. The highest BCUT2D eigenvalue weighted by molar-refractivity contribution is 6.07. The van der Waals surface area contributed by atoms with E-state index in [1.807, 2.05) is 60.7 Å². The van der Waals surface area contributed by atoms with Gasteiger partial charge in [0.05, 0.1) is 6.67 Å². The van der Waals surface area contributed by atoms with E-state index in [-0.39, 0.29) is 30.4 Å². The number of rotatable bonds is 5. The van der Waals surface area contributed by atoms with Crippen molar-refractivity contribution in [2.24, 2.45) is 5.92 Å². The second-order valence-corrected chi connectivity index (χ2v) is 8.04. The van der Waals surface area contributed by atoms with E-state index in [2.05, 4.69) is 15.5 Å². The highest BCUT2D eigenvalue weighted by atomic mass is 16.2. The molecule has 7 heteroatoms. The van der Waals surface area contributed by atoms with E-state index in [1.165, 1.54) is 4.90 Å². The van der Waals surface area contributed by atoms with Crippen LogP contribution in [0.3, 0.4) is 0 Å². The molecule has 2 saturated heterocycles. The summed E-state index contributed by atoms with van der Waals surface area (Å²) in [4.78, 5) is 41.4. The number of hydrogen-bond donors (Lipinski definition) is 2. The van der Waals surface area contributed by atoms with Gasteiger partial charge in [-0.3, -0.25) is 14.5 Å². The van der Waals surface area contributed by atoms with E-state index in [0.29, 0.717) is 25.9 Å². The Kier molecular flexibility index (Phi) is 5.55. The summed E-state index contributed by atoms with van der Waals surface area (Å²) in [5.41, 5.74) is 0.512. The van der Waals surface area contributed by atoms with Gasteiger partial charge in [-0.2, -0.15) is 0 Å². The smallest absolute Gasteiger partial charge is 0.326 e.